The van der Waals surface area contributed by atoms with E-state index >= 15 is 0 Å². The van der Waals surface area contributed by atoms with Crippen LogP contribution in [0.5, 0.6) is 0 Å². The van der Waals surface area contributed by atoms with Crippen LogP contribution in [-0.4, -0.2) is 43.9 Å². The number of aromatic nitrogens is 1. The minimum Gasteiger partial charge on any atom is -0.316 e. The summed E-state index contributed by atoms with van der Waals surface area (Å²) in [6, 6.07) is 9.38. The number of pyridine rings is 1. The molecule has 1 atom stereocenters. The second kappa shape index (κ2) is 6.35. The summed E-state index contributed by atoms with van der Waals surface area (Å²) in [6.45, 7) is 0.954. The molecule has 3 rings (SSSR count). The molecule has 0 unspecified atom stereocenters. The molecule has 0 amide bonds. The molecule has 1 saturated heterocycles. The monoisotopic (exact) mass is 335 g/mol. The minimum absolute atomic E-state index is 0.0418. The second-order valence-corrected chi connectivity index (χ2v) is 7.41. The van der Waals surface area contributed by atoms with Crippen LogP contribution in [0.3, 0.4) is 0 Å². The summed E-state index contributed by atoms with van der Waals surface area (Å²) in [6.07, 6.45) is 2.30. The standard InChI is InChI=1S/C16H18FN3O2S/c1-18-15-8-9-20(11-15)23(21,22)16-7-4-13(10-19-16)12-2-5-14(17)6-3-12/h2-7,10,15,18H,8-9,11H2,1H3/t15-/m1/s1. The second-order valence-electron chi connectivity index (χ2n) is 5.53. The van der Waals surface area contributed by atoms with Gasteiger partial charge in [0.15, 0.2) is 5.03 Å². The van der Waals surface area contributed by atoms with Crippen molar-refractivity contribution in [1.82, 2.24) is 14.6 Å². The van der Waals surface area contributed by atoms with E-state index in [4.69, 9.17) is 0 Å². The first-order chi connectivity index (χ1) is 11.0. The van der Waals surface area contributed by atoms with E-state index in [1.54, 1.807) is 18.2 Å². The van der Waals surface area contributed by atoms with Crippen molar-refractivity contribution >= 4 is 10.0 Å². The van der Waals surface area contributed by atoms with Gasteiger partial charge in [-0.15, -0.1) is 0 Å². The third-order valence-electron chi connectivity index (χ3n) is 4.08. The first kappa shape index (κ1) is 16.0. The van der Waals surface area contributed by atoms with Crippen LogP contribution in [0.25, 0.3) is 11.1 Å². The maximum absolute atomic E-state index is 13.0. The number of hydrogen-bond acceptors (Lipinski definition) is 4. The van der Waals surface area contributed by atoms with Gasteiger partial charge in [0, 0.05) is 30.9 Å². The van der Waals surface area contributed by atoms with E-state index in [0.717, 1.165) is 17.5 Å². The van der Waals surface area contributed by atoms with E-state index < -0.39 is 10.0 Å². The van der Waals surface area contributed by atoms with Crippen molar-refractivity contribution in [2.24, 2.45) is 0 Å². The summed E-state index contributed by atoms with van der Waals surface area (Å²) >= 11 is 0. The highest BCUT2D eigenvalue weighted by molar-refractivity contribution is 7.89. The van der Waals surface area contributed by atoms with Gasteiger partial charge in [-0.2, -0.15) is 4.31 Å². The molecule has 0 aliphatic carbocycles. The molecule has 1 aliphatic rings. The van der Waals surface area contributed by atoms with Gasteiger partial charge in [0.1, 0.15) is 5.82 Å². The Kier molecular flexibility index (Phi) is 4.43. The van der Waals surface area contributed by atoms with Gasteiger partial charge in [0.05, 0.1) is 0 Å². The number of benzene rings is 1. The first-order valence-electron chi connectivity index (χ1n) is 7.40. The van der Waals surface area contributed by atoms with Crippen molar-refractivity contribution in [3.05, 3.63) is 48.4 Å². The molecule has 0 radical (unpaired) electrons. The summed E-state index contributed by atoms with van der Waals surface area (Å²) in [5.41, 5.74) is 1.54. The molecule has 2 aromatic rings. The molecular weight excluding hydrogens is 317 g/mol. The number of sulfonamides is 1. The molecule has 1 aromatic heterocycles. The Hall–Kier alpha value is -1.83. The lowest BCUT2D eigenvalue weighted by Crippen LogP contribution is -2.33. The average Bonchev–Trinajstić information content (AvgIpc) is 3.06. The lowest BCUT2D eigenvalue weighted by molar-refractivity contribution is 0.462. The third kappa shape index (κ3) is 3.26. The fraction of sp³-hybridized carbons (Fsp3) is 0.312. The molecular formula is C16H18FN3O2S. The van der Waals surface area contributed by atoms with Gasteiger partial charge in [-0.05, 0) is 43.3 Å². The lowest BCUT2D eigenvalue weighted by Gasteiger charge is -2.16. The van der Waals surface area contributed by atoms with E-state index in [9.17, 15) is 12.8 Å². The van der Waals surface area contributed by atoms with Crippen molar-refractivity contribution in [2.75, 3.05) is 20.1 Å². The molecule has 1 N–H and O–H groups in total. The van der Waals surface area contributed by atoms with Crippen molar-refractivity contribution in [1.29, 1.82) is 0 Å². The summed E-state index contributed by atoms with van der Waals surface area (Å²) in [4.78, 5) is 4.10. The zero-order valence-electron chi connectivity index (χ0n) is 12.7. The maximum atomic E-state index is 13.0. The maximum Gasteiger partial charge on any atom is 0.260 e. The molecule has 1 aromatic carbocycles. The van der Waals surface area contributed by atoms with Crippen molar-refractivity contribution < 1.29 is 12.8 Å². The van der Waals surface area contributed by atoms with Crippen molar-refractivity contribution in [2.45, 2.75) is 17.5 Å². The number of likely N-dealkylation sites (N-methyl/N-ethyl adjacent to an activating group) is 1. The van der Waals surface area contributed by atoms with Crippen LogP contribution >= 0.6 is 0 Å². The highest BCUT2D eigenvalue weighted by Gasteiger charge is 2.32. The minimum atomic E-state index is -3.57. The fourth-order valence-corrected chi connectivity index (χ4v) is 4.07. The van der Waals surface area contributed by atoms with Crippen LogP contribution in [0.4, 0.5) is 4.39 Å². The van der Waals surface area contributed by atoms with Gasteiger partial charge < -0.3 is 5.32 Å². The van der Waals surface area contributed by atoms with Gasteiger partial charge >= 0.3 is 0 Å². The predicted molar refractivity (Wildman–Crippen MR) is 85.9 cm³/mol. The van der Waals surface area contributed by atoms with E-state index in [1.807, 2.05) is 7.05 Å². The van der Waals surface area contributed by atoms with Gasteiger partial charge in [-0.1, -0.05) is 12.1 Å². The molecule has 0 saturated carbocycles. The quantitative estimate of drug-likeness (QED) is 0.927. The molecule has 7 heteroatoms. The Bertz CT molecular complexity index is 776. The third-order valence-corrected chi connectivity index (χ3v) is 5.86. The Labute approximate surface area is 135 Å². The highest BCUT2D eigenvalue weighted by atomic mass is 32.2. The van der Waals surface area contributed by atoms with Crippen molar-refractivity contribution in [3.63, 3.8) is 0 Å². The smallest absolute Gasteiger partial charge is 0.260 e. The van der Waals surface area contributed by atoms with Crippen LogP contribution in [0.2, 0.25) is 0 Å². The molecule has 1 fully saturated rings. The van der Waals surface area contributed by atoms with Gasteiger partial charge in [0.25, 0.3) is 10.0 Å². The molecule has 0 spiro atoms. The normalized spacial score (nSPS) is 19.1. The van der Waals surface area contributed by atoms with E-state index in [-0.39, 0.29) is 16.9 Å². The Balaban J connectivity index is 1.83. The SMILES string of the molecule is CN[C@@H]1CCN(S(=O)(=O)c2ccc(-c3ccc(F)cc3)cn2)C1. The Morgan fingerprint density at radius 1 is 1.17 bits per heavy atom. The number of halogens is 1. The Morgan fingerprint density at radius 3 is 2.43 bits per heavy atom. The summed E-state index contributed by atoms with van der Waals surface area (Å²) in [5.74, 6) is -0.311. The molecule has 2 heterocycles. The first-order valence-corrected chi connectivity index (χ1v) is 8.84. The fourth-order valence-electron chi connectivity index (χ4n) is 2.66. The number of nitrogens with zero attached hydrogens (tertiary/aromatic N) is 2. The molecule has 1 aliphatic heterocycles. The predicted octanol–water partition coefficient (Wildman–Crippen LogP) is 1.87. The number of hydrogen-bond donors (Lipinski definition) is 1. The van der Waals surface area contributed by atoms with Crippen molar-refractivity contribution in [3.8, 4) is 11.1 Å². The summed E-state index contributed by atoms with van der Waals surface area (Å²) in [5, 5.41) is 3.14. The largest absolute Gasteiger partial charge is 0.316 e. The van der Waals surface area contributed by atoms with Crippen LogP contribution in [0, 0.1) is 5.82 Å². The van der Waals surface area contributed by atoms with Crippen LogP contribution in [0.15, 0.2) is 47.6 Å². The topological polar surface area (TPSA) is 62.3 Å². The molecule has 23 heavy (non-hydrogen) atoms. The average molecular weight is 335 g/mol. The zero-order chi connectivity index (χ0) is 16.4. The van der Waals surface area contributed by atoms with Gasteiger partial charge in [-0.25, -0.2) is 17.8 Å². The molecule has 0 bridgehead atoms. The summed E-state index contributed by atoms with van der Waals surface area (Å²) < 4.78 is 39.6. The van der Waals surface area contributed by atoms with Crippen LogP contribution < -0.4 is 5.32 Å². The van der Waals surface area contributed by atoms with Gasteiger partial charge in [0.2, 0.25) is 0 Å². The lowest BCUT2D eigenvalue weighted by atomic mass is 10.1. The number of nitrogens with one attached hydrogen (secondary N) is 1. The van der Waals surface area contributed by atoms with Crippen LogP contribution in [-0.2, 0) is 10.0 Å². The van der Waals surface area contributed by atoms with E-state index in [2.05, 4.69) is 10.3 Å². The number of rotatable bonds is 4. The zero-order valence-corrected chi connectivity index (χ0v) is 13.6. The van der Waals surface area contributed by atoms with E-state index in [1.165, 1.54) is 28.7 Å². The van der Waals surface area contributed by atoms with E-state index in [0.29, 0.717) is 13.1 Å². The summed E-state index contributed by atoms with van der Waals surface area (Å²) in [7, 11) is -1.74. The molecule has 122 valence electrons. The highest BCUT2D eigenvalue weighted by Crippen LogP contribution is 2.23. The molecule has 5 nitrogen and oxygen atoms in total. The Morgan fingerprint density at radius 2 is 1.87 bits per heavy atom. The van der Waals surface area contributed by atoms with Gasteiger partial charge in [-0.3, -0.25) is 0 Å². The van der Waals surface area contributed by atoms with Crippen LogP contribution in [0.1, 0.15) is 6.42 Å².